The number of H-pyrrole nitrogens is 1. The molecule has 0 aliphatic carbocycles. The van der Waals surface area contributed by atoms with Crippen molar-refractivity contribution in [1.82, 2.24) is 15.3 Å². The van der Waals surface area contributed by atoms with Gasteiger partial charge in [-0.1, -0.05) is 24.3 Å². The quantitative estimate of drug-likeness (QED) is 0.688. The van der Waals surface area contributed by atoms with E-state index in [4.69, 9.17) is 0 Å². The van der Waals surface area contributed by atoms with Crippen molar-refractivity contribution in [2.45, 2.75) is 19.9 Å². The standard InChI is InChI=1S/C17H18N4O/c1-11(2)18-17(22)19-13-7-5-6-12(10-13)16-20-14-8-3-4-9-15(14)21-16/h3-11H,1-2H3,(H,20,21)(H2,18,19,22). The SMILES string of the molecule is CC(C)NC(=O)Nc1cccc(-c2nc3ccccc3[nH]2)c1. The molecule has 0 aliphatic heterocycles. The summed E-state index contributed by atoms with van der Waals surface area (Å²) in [6, 6.07) is 15.4. The van der Waals surface area contributed by atoms with Gasteiger partial charge in [0.15, 0.2) is 0 Å². The number of benzene rings is 2. The summed E-state index contributed by atoms with van der Waals surface area (Å²) < 4.78 is 0. The predicted molar refractivity (Wildman–Crippen MR) is 88.8 cm³/mol. The Morgan fingerprint density at radius 2 is 1.95 bits per heavy atom. The smallest absolute Gasteiger partial charge is 0.319 e. The van der Waals surface area contributed by atoms with Crippen molar-refractivity contribution in [3.8, 4) is 11.4 Å². The minimum atomic E-state index is -0.211. The van der Waals surface area contributed by atoms with Crippen molar-refractivity contribution < 1.29 is 4.79 Å². The van der Waals surface area contributed by atoms with E-state index in [1.165, 1.54) is 0 Å². The molecule has 0 bridgehead atoms. The number of fused-ring (bicyclic) bond motifs is 1. The second-order valence-electron chi connectivity index (χ2n) is 5.44. The Bertz CT molecular complexity index is 774. The minimum Gasteiger partial charge on any atom is -0.338 e. The molecule has 0 radical (unpaired) electrons. The van der Waals surface area contributed by atoms with Gasteiger partial charge in [-0.15, -0.1) is 0 Å². The number of aromatic nitrogens is 2. The zero-order valence-corrected chi connectivity index (χ0v) is 12.6. The Hall–Kier alpha value is -2.82. The molecule has 0 atom stereocenters. The second kappa shape index (κ2) is 5.89. The molecule has 0 saturated carbocycles. The zero-order chi connectivity index (χ0) is 15.5. The summed E-state index contributed by atoms with van der Waals surface area (Å²) in [5, 5.41) is 5.62. The van der Waals surface area contributed by atoms with Gasteiger partial charge in [0.05, 0.1) is 11.0 Å². The van der Waals surface area contributed by atoms with Crippen LogP contribution in [-0.4, -0.2) is 22.0 Å². The lowest BCUT2D eigenvalue weighted by atomic mass is 10.2. The van der Waals surface area contributed by atoms with Gasteiger partial charge >= 0.3 is 6.03 Å². The number of hydrogen-bond donors (Lipinski definition) is 3. The number of hydrogen-bond acceptors (Lipinski definition) is 2. The third-order valence-corrected chi connectivity index (χ3v) is 3.20. The summed E-state index contributed by atoms with van der Waals surface area (Å²) in [5.74, 6) is 0.786. The van der Waals surface area contributed by atoms with E-state index in [9.17, 15) is 4.79 Å². The van der Waals surface area contributed by atoms with Gasteiger partial charge in [-0.3, -0.25) is 0 Å². The number of urea groups is 1. The summed E-state index contributed by atoms with van der Waals surface area (Å²) in [6.45, 7) is 3.84. The molecule has 1 heterocycles. The van der Waals surface area contributed by atoms with E-state index in [2.05, 4.69) is 20.6 Å². The van der Waals surface area contributed by atoms with Crippen LogP contribution in [-0.2, 0) is 0 Å². The lowest BCUT2D eigenvalue weighted by Gasteiger charge is -2.10. The van der Waals surface area contributed by atoms with Crippen LogP contribution >= 0.6 is 0 Å². The van der Waals surface area contributed by atoms with Crippen molar-refractivity contribution in [2.24, 2.45) is 0 Å². The van der Waals surface area contributed by atoms with Gasteiger partial charge in [0, 0.05) is 17.3 Å². The monoisotopic (exact) mass is 294 g/mol. The maximum Gasteiger partial charge on any atom is 0.319 e. The molecule has 0 fully saturated rings. The number of aromatic amines is 1. The molecule has 2 aromatic carbocycles. The maximum absolute atomic E-state index is 11.8. The number of nitrogens with zero attached hydrogens (tertiary/aromatic N) is 1. The van der Waals surface area contributed by atoms with Gasteiger partial charge in [0.25, 0.3) is 0 Å². The normalized spacial score (nSPS) is 10.9. The highest BCUT2D eigenvalue weighted by Crippen LogP contribution is 2.22. The van der Waals surface area contributed by atoms with E-state index in [0.29, 0.717) is 0 Å². The van der Waals surface area contributed by atoms with Crippen LogP contribution in [0.4, 0.5) is 10.5 Å². The molecule has 0 aliphatic rings. The Labute approximate surface area is 128 Å². The number of amides is 2. The molecular formula is C17H18N4O. The van der Waals surface area contributed by atoms with Crippen LogP contribution in [0.15, 0.2) is 48.5 Å². The van der Waals surface area contributed by atoms with Gasteiger partial charge in [-0.05, 0) is 38.1 Å². The van der Waals surface area contributed by atoms with Crippen LogP contribution in [0.25, 0.3) is 22.4 Å². The van der Waals surface area contributed by atoms with Gasteiger partial charge < -0.3 is 15.6 Å². The van der Waals surface area contributed by atoms with Crippen molar-refractivity contribution in [3.63, 3.8) is 0 Å². The first-order chi connectivity index (χ1) is 10.6. The average molecular weight is 294 g/mol. The number of nitrogens with one attached hydrogen (secondary N) is 3. The Kier molecular flexibility index (Phi) is 3.78. The van der Waals surface area contributed by atoms with Gasteiger partial charge in [0.1, 0.15) is 5.82 Å². The Balaban J connectivity index is 1.85. The third-order valence-electron chi connectivity index (χ3n) is 3.20. The number of imidazole rings is 1. The fraction of sp³-hybridized carbons (Fsp3) is 0.176. The fourth-order valence-corrected chi connectivity index (χ4v) is 2.26. The Morgan fingerprint density at radius 1 is 1.14 bits per heavy atom. The molecule has 2 amide bonds. The molecule has 112 valence electrons. The largest absolute Gasteiger partial charge is 0.338 e. The highest BCUT2D eigenvalue weighted by Gasteiger charge is 2.07. The van der Waals surface area contributed by atoms with E-state index >= 15 is 0 Å². The molecule has 0 saturated heterocycles. The predicted octanol–water partition coefficient (Wildman–Crippen LogP) is 3.76. The average Bonchev–Trinajstić information content (AvgIpc) is 2.90. The first kappa shape index (κ1) is 14.1. The number of para-hydroxylation sites is 2. The molecule has 1 aromatic heterocycles. The van der Waals surface area contributed by atoms with Crippen LogP contribution in [0, 0.1) is 0 Å². The van der Waals surface area contributed by atoms with Crippen molar-refractivity contribution in [1.29, 1.82) is 0 Å². The molecule has 0 spiro atoms. The molecular weight excluding hydrogens is 276 g/mol. The number of rotatable bonds is 3. The number of carbonyl (C=O) groups is 1. The molecule has 3 N–H and O–H groups in total. The second-order valence-corrected chi connectivity index (χ2v) is 5.44. The summed E-state index contributed by atoms with van der Waals surface area (Å²) in [5.41, 5.74) is 3.58. The van der Waals surface area contributed by atoms with Crippen molar-refractivity contribution >= 4 is 22.8 Å². The Morgan fingerprint density at radius 3 is 2.73 bits per heavy atom. The topological polar surface area (TPSA) is 69.8 Å². The molecule has 22 heavy (non-hydrogen) atoms. The highest BCUT2D eigenvalue weighted by atomic mass is 16.2. The van der Waals surface area contributed by atoms with Crippen molar-refractivity contribution in [2.75, 3.05) is 5.32 Å². The van der Waals surface area contributed by atoms with Crippen LogP contribution in [0.5, 0.6) is 0 Å². The fourth-order valence-electron chi connectivity index (χ4n) is 2.26. The summed E-state index contributed by atoms with van der Waals surface area (Å²) in [4.78, 5) is 19.6. The minimum absolute atomic E-state index is 0.0959. The van der Waals surface area contributed by atoms with Crippen LogP contribution in [0.3, 0.4) is 0 Å². The number of anilines is 1. The first-order valence-corrected chi connectivity index (χ1v) is 7.24. The van der Waals surface area contributed by atoms with E-state index < -0.39 is 0 Å². The summed E-state index contributed by atoms with van der Waals surface area (Å²) in [6.07, 6.45) is 0. The lowest BCUT2D eigenvalue weighted by Crippen LogP contribution is -2.34. The van der Waals surface area contributed by atoms with E-state index in [0.717, 1.165) is 28.1 Å². The van der Waals surface area contributed by atoms with Crippen molar-refractivity contribution in [3.05, 3.63) is 48.5 Å². The summed E-state index contributed by atoms with van der Waals surface area (Å²) in [7, 11) is 0. The summed E-state index contributed by atoms with van der Waals surface area (Å²) >= 11 is 0. The van der Waals surface area contributed by atoms with Crippen LogP contribution in [0.1, 0.15) is 13.8 Å². The lowest BCUT2D eigenvalue weighted by molar-refractivity contribution is 0.250. The molecule has 3 aromatic rings. The molecule has 5 nitrogen and oxygen atoms in total. The highest BCUT2D eigenvalue weighted by molar-refractivity contribution is 5.90. The van der Waals surface area contributed by atoms with E-state index in [1.807, 2.05) is 62.4 Å². The van der Waals surface area contributed by atoms with E-state index in [-0.39, 0.29) is 12.1 Å². The van der Waals surface area contributed by atoms with Gasteiger partial charge in [-0.25, -0.2) is 9.78 Å². The van der Waals surface area contributed by atoms with Crippen LogP contribution in [0.2, 0.25) is 0 Å². The third kappa shape index (κ3) is 3.09. The van der Waals surface area contributed by atoms with Crippen LogP contribution < -0.4 is 10.6 Å². The zero-order valence-electron chi connectivity index (χ0n) is 12.6. The molecule has 0 unspecified atom stereocenters. The number of carbonyl (C=O) groups excluding carboxylic acids is 1. The first-order valence-electron chi connectivity index (χ1n) is 7.24. The van der Waals surface area contributed by atoms with Gasteiger partial charge in [0.2, 0.25) is 0 Å². The molecule has 3 rings (SSSR count). The molecule has 5 heteroatoms. The maximum atomic E-state index is 11.8. The van der Waals surface area contributed by atoms with Gasteiger partial charge in [-0.2, -0.15) is 0 Å². The van der Waals surface area contributed by atoms with E-state index in [1.54, 1.807) is 0 Å².